The van der Waals surface area contributed by atoms with Gasteiger partial charge in [0.1, 0.15) is 14.4 Å². The third kappa shape index (κ3) is 9.60. The van der Waals surface area contributed by atoms with E-state index in [9.17, 15) is 0 Å². The molecule has 0 aliphatic heterocycles. The molecular weight excluding hydrogens is 247 g/mol. The molecule has 0 spiro atoms. The molecule has 13 heavy (non-hydrogen) atoms. The number of hydrogen-bond acceptors (Lipinski definition) is 2. The largest absolute Gasteiger partial charge is 0.141 e. The predicted octanol–water partition coefficient (Wildman–Crippen LogP) is 4.79. The van der Waals surface area contributed by atoms with Crippen LogP contribution in [-0.2, 0) is 0 Å². The van der Waals surface area contributed by atoms with Gasteiger partial charge in [-0.1, -0.05) is 47.5 Å². The van der Waals surface area contributed by atoms with Gasteiger partial charge in [0, 0.05) is 0 Å². The Kier molecular flexibility index (Phi) is 5.95. The van der Waals surface area contributed by atoms with Crippen LogP contribution in [0.25, 0.3) is 0 Å². The van der Waals surface area contributed by atoms with Crippen LogP contribution in [0, 0.1) is 0 Å². The Morgan fingerprint density at radius 1 is 0.846 bits per heavy atom. The van der Waals surface area contributed by atoms with Crippen molar-refractivity contribution < 1.29 is 0 Å². The molecule has 0 heterocycles. The number of hydrogen-bond donors (Lipinski definition) is 0. The second-order valence-corrected chi connectivity index (χ2v) is 24.9. The van der Waals surface area contributed by atoms with Gasteiger partial charge in [-0.2, -0.15) is 0 Å². The summed E-state index contributed by atoms with van der Waals surface area (Å²) >= 11 is 4.34. The zero-order valence-corrected chi connectivity index (χ0v) is 14.3. The maximum absolute atomic E-state index is 2.42. The Labute approximate surface area is 94.8 Å². The molecule has 0 aromatic heterocycles. The predicted molar refractivity (Wildman–Crippen MR) is 79.7 cm³/mol. The minimum Gasteiger partial charge on any atom is -0.141 e. The lowest BCUT2D eigenvalue weighted by Gasteiger charge is -2.22. The van der Waals surface area contributed by atoms with E-state index < -0.39 is 14.4 Å². The van der Waals surface area contributed by atoms with Crippen molar-refractivity contribution in [3.63, 3.8) is 0 Å². The highest BCUT2D eigenvalue weighted by Crippen LogP contribution is 2.35. The molecule has 0 bridgehead atoms. The highest BCUT2D eigenvalue weighted by molar-refractivity contribution is 8.63. The second kappa shape index (κ2) is 5.40. The first-order valence-corrected chi connectivity index (χ1v) is 15.9. The zero-order valence-electron chi connectivity index (χ0n) is 9.76. The lowest BCUT2D eigenvalue weighted by atomic mass is 11.8. The van der Waals surface area contributed by atoms with Gasteiger partial charge in [0.15, 0.2) is 0 Å². The summed E-state index contributed by atoms with van der Waals surface area (Å²) in [7, 11) is -0.462. The van der Waals surface area contributed by atoms with Gasteiger partial charge in [-0.15, -0.1) is 22.4 Å². The topological polar surface area (TPSA) is 0 Å². The van der Waals surface area contributed by atoms with E-state index in [4.69, 9.17) is 0 Å². The molecule has 0 N–H and O–H groups in total. The van der Waals surface area contributed by atoms with Crippen molar-refractivity contribution in [3.8, 4) is 0 Å². The fraction of sp³-hybridized carbons (Fsp3) is 0.875. The maximum atomic E-state index is 2.42. The van der Waals surface area contributed by atoms with Crippen LogP contribution in [0.1, 0.15) is 0 Å². The monoisotopic (exact) mass is 268 g/mol. The summed E-state index contributed by atoms with van der Waals surface area (Å²) < 4.78 is 1.65. The molecule has 0 fully saturated rings. The summed E-state index contributed by atoms with van der Waals surface area (Å²) in [6.45, 7) is 16.8. The van der Waals surface area contributed by atoms with Crippen molar-refractivity contribution in [2.24, 2.45) is 0 Å². The minimum absolute atomic E-state index is 0.967. The van der Waals surface area contributed by atoms with Gasteiger partial charge < -0.3 is 0 Å². The van der Waals surface area contributed by atoms with Crippen molar-refractivity contribution in [1.29, 1.82) is 0 Å². The van der Waals surface area contributed by atoms with E-state index in [-0.39, 0.29) is 0 Å². The van der Waals surface area contributed by atoms with Gasteiger partial charge in [-0.25, -0.2) is 0 Å². The first-order chi connectivity index (χ1) is 5.64. The number of rotatable bonds is 4. The van der Waals surface area contributed by atoms with Crippen molar-refractivity contribution in [3.05, 3.63) is 0 Å². The quantitative estimate of drug-likeness (QED) is 0.531. The van der Waals surface area contributed by atoms with Gasteiger partial charge in [0.25, 0.3) is 0 Å². The molecule has 0 aliphatic rings. The Balaban J connectivity index is 4.24. The van der Waals surface area contributed by atoms with Gasteiger partial charge in [-0.05, 0) is 6.66 Å². The molecule has 0 aromatic rings. The molecular formula is C8H21PS2Si2. The molecule has 5 heteroatoms. The van der Waals surface area contributed by atoms with Gasteiger partial charge >= 0.3 is 0 Å². The van der Waals surface area contributed by atoms with E-state index in [2.05, 4.69) is 68.4 Å². The first kappa shape index (κ1) is 14.3. The summed E-state index contributed by atoms with van der Waals surface area (Å²) in [5.41, 5.74) is 0. The standard InChI is InChI=1S/C8H21PS2Si2/c1-9-8(10-12(2,3)4)11-13(5,6)7/h1-7H3. The minimum atomic E-state index is -0.967. The Morgan fingerprint density at radius 2 is 1.15 bits per heavy atom. The SMILES string of the molecule is CP=C(S[Si](C)(C)C)S[Si](C)(C)C. The molecule has 0 rings (SSSR count). The molecule has 0 atom stereocenters. The van der Waals surface area contributed by atoms with Gasteiger partial charge in [0.05, 0.1) is 3.96 Å². The van der Waals surface area contributed by atoms with E-state index >= 15 is 0 Å². The molecule has 0 aliphatic carbocycles. The molecule has 0 nitrogen and oxygen atoms in total. The lowest BCUT2D eigenvalue weighted by molar-refractivity contribution is 1.88. The van der Waals surface area contributed by atoms with Crippen LogP contribution in [0.5, 0.6) is 0 Å². The van der Waals surface area contributed by atoms with Crippen LogP contribution >= 0.6 is 30.6 Å². The fourth-order valence-electron chi connectivity index (χ4n) is 0.636. The second-order valence-electron chi connectivity index (χ2n) is 4.92. The summed E-state index contributed by atoms with van der Waals surface area (Å²) in [5.74, 6) is 0. The molecule has 0 saturated carbocycles. The molecule has 78 valence electrons. The van der Waals surface area contributed by atoms with Crippen LogP contribution in [-0.4, -0.2) is 25.1 Å². The average Bonchev–Trinajstić information content (AvgIpc) is 1.79. The van der Waals surface area contributed by atoms with Crippen molar-refractivity contribution in [2.75, 3.05) is 6.66 Å². The molecule has 0 saturated heterocycles. The van der Waals surface area contributed by atoms with Crippen LogP contribution in [0.2, 0.25) is 39.3 Å². The van der Waals surface area contributed by atoms with E-state index in [1.807, 2.05) is 0 Å². The van der Waals surface area contributed by atoms with Crippen LogP contribution in [0.3, 0.4) is 0 Å². The lowest BCUT2D eigenvalue weighted by Crippen LogP contribution is -2.21. The summed E-state index contributed by atoms with van der Waals surface area (Å²) in [6, 6.07) is 0. The molecule has 0 amide bonds. The van der Waals surface area contributed by atoms with Crippen LogP contribution < -0.4 is 0 Å². The maximum Gasteiger partial charge on any atom is 0.115 e. The highest BCUT2D eigenvalue weighted by atomic mass is 32.4. The third-order valence-electron chi connectivity index (χ3n) is 0.970. The van der Waals surface area contributed by atoms with E-state index in [0.717, 1.165) is 0 Å². The molecule has 0 unspecified atom stereocenters. The normalized spacial score (nSPS) is 13.5. The van der Waals surface area contributed by atoms with Crippen molar-refractivity contribution in [2.45, 2.75) is 39.3 Å². The fourth-order valence-corrected chi connectivity index (χ4v) is 18.3. The molecule has 0 aromatic carbocycles. The Morgan fingerprint density at radius 3 is 1.31 bits per heavy atom. The molecule has 0 radical (unpaired) electrons. The van der Waals surface area contributed by atoms with Crippen LogP contribution in [0.15, 0.2) is 0 Å². The Hall–Kier alpha value is 1.30. The van der Waals surface area contributed by atoms with Crippen LogP contribution in [0.4, 0.5) is 0 Å². The Bertz CT molecular complexity index is 173. The smallest absolute Gasteiger partial charge is 0.115 e. The highest BCUT2D eigenvalue weighted by Gasteiger charge is 2.22. The third-order valence-corrected chi connectivity index (χ3v) is 11.9. The van der Waals surface area contributed by atoms with Crippen molar-refractivity contribution >= 4 is 49.0 Å². The van der Waals surface area contributed by atoms with Gasteiger partial charge in [-0.3, -0.25) is 0 Å². The summed E-state index contributed by atoms with van der Waals surface area (Å²) in [4.78, 5) is 0. The average molecular weight is 269 g/mol. The first-order valence-electron chi connectivity index (χ1n) is 4.49. The van der Waals surface area contributed by atoms with E-state index in [0.29, 0.717) is 0 Å². The van der Waals surface area contributed by atoms with Gasteiger partial charge in [0.2, 0.25) is 0 Å². The van der Waals surface area contributed by atoms with E-state index in [1.54, 1.807) is 3.96 Å². The summed E-state index contributed by atoms with van der Waals surface area (Å²) in [5, 5.41) is 0. The zero-order chi connectivity index (χ0) is 10.7. The summed E-state index contributed by atoms with van der Waals surface area (Å²) in [6.07, 6.45) is 0. The van der Waals surface area contributed by atoms with E-state index in [1.165, 1.54) is 8.20 Å². The van der Waals surface area contributed by atoms with Crippen molar-refractivity contribution in [1.82, 2.24) is 0 Å².